The van der Waals surface area contributed by atoms with Crippen LogP contribution in [0, 0.1) is 13.8 Å². The Morgan fingerprint density at radius 2 is 1.59 bits per heavy atom. The molecule has 174 valence electrons. The number of thioether (sulfide) groups is 1. The van der Waals surface area contributed by atoms with Crippen molar-refractivity contribution < 1.29 is 14.3 Å². The van der Waals surface area contributed by atoms with Gasteiger partial charge in [0.15, 0.2) is 11.0 Å². The molecule has 0 atom stereocenters. The number of aromatic nitrogens is 3. The Kier molecular flexibility index (Phi) is 7.18. The van der Waals surface area contributed by atoms with E-state index < -0.39 is 0 Å². The molecule has 4 aromatic rings. The monoisotopic (exact) mass is 474 g/mol. The number of hydrogen-bond donors (Lipinski definition) is 1. The minimum atomic E-state index is -0.177. The molecule has 4 rings (SSSR count). The topological polar surface area (TPSA) is 78.3 Å². The number of carbonyl (C=O) groups is 1. The van der Waals surface area contributed by atoms with Crippen LogP contribution in [0.5, 0.6) is 11.5 Å². The second-order valence-corrected chi connectivity index (χ2v) is 8.69. The highest BCUT2D eigenvalue weighted by molar-refractivity contribution is 7.99. The van der Waals surface area contributed by atoms with Gasteiger partial charge < -0.3 is 14.8 Å². The molecule has 34 heavy (non-hydrogen) atoms. The van der Waals surface area contributed by atoms with Crippen LogP contribution in [0.3, 0.4) is 0 Å². The number of methoxy groups -OCH3 is 2. The van der Waals surface area contributed by atoms with Gasteiger partial charge in [0.1, 0.15) is 11.5 Å². The largest absolute Gasteiger partial charge is 0.497 e. The third-order valence-electron chi connectivity index (χ3n) is 5.25. The molecule has 0 saturated carbocycles. The first-order valence-corrected chi connectivity index (χ1v) is 11.7. The lowest BCUT2D eigenvalue weighted by Crippen LogP contribution is -2.15. The zero-order valence-corrected chi connectivity index (χ0v) is 20.3. The molecule has 0 aliphatic rings. The van der Waals surface area contributed by atoms with Crippen LogP contribution >= 0.6 is 11.8 Å². The summed E-state index contributed by atoms with van der Waals surface area (Å²) < 4.78 is 12.6. The maximum atomic E-state index is 12.7. The fourth-order valence-electron chi connectivity index (χ4n) is 3.40. The van der Waals surface area contributed by atoms with Crippen molar-refractivity contribution in [1.29, 1.82) is 0 Å². The SMILES string of the molecule is COc1ccc(NC(=O)CSc2nnc(-c3ccc(C)cc3)n2-c2ccc(C)cc2)c(OC)c1. The van der Waals surface area contributed by atoms with E-state index in [4.69, 9.17) is 9.47 Å². The van der Waals surface area contributed by atoms with E-state index in [1.807, 2.05) is 66.9 Å². The number of amides is 1. The second-order valence-electron chi connectivity index (χ2n) is 7.75. The molecule has 0 fully saturated rings. The number of benzene rings is 3. The van der Waals surface area contributed by atoms with Crippen LogP contribution in [-0.4, -0.2) is 40.6 Å². The van der Waals surface area contributed by atoms with Crippen molar-refractivity contribution in [2.45, 2.75) is 19.0 Å². The van der Waals surface area contributed by atoms with Gasteiger partial charge in [0.2, 0.25) is 5.91 Å². The van der Waals surface area contributed by atoms with Gasteiger partial charge in [-0.2, -0.15) is 0 Å². The first kappa shape index (κ1) is 23.4. The molecule has 0 unspecified atom stereocenters. The van der Waals surface area contributed by atoms with E-state index in [1.165, 1.54) is 17.3 Å². The number of hydrogen-bond acceptors (Lipinski definition) is 6. The normalized spacial score (nSPS) is 10.7. The third kappa shape index (κ3) is 5.23. The number of nitrogens with zero attached hydrogens (tertiary/aromatic N) is 3. The van der Waals surface area contributed by atoms with Crippen molar-refractivity contribution in [2.75, 3.05) is 25.3 Å². The summed E-state index contributed by atoms with van der Waals surface area (Å²) in [6.45, 7) is 4.09. The van der Waals surface area contributed by atoms with Crippen molar-refractivity contribution in [1.82, 2.24) is 14.8 Å². The summed E-state index contributed by atoms with van der Waals surface area (Å²) in [6, 6.07) is 21.6. The Bertz CT molecular complexity index is 1280. The Morgan fingerprint density at radius 1 is 0.912 bits per heavy atom. The summed E-state index contributed by atoms with van der Waals surface area (Å²) >= 11 is 1.33. The number of carbonyl (C=O) groups excluding carboxylic acids is 1. The van der Waals surface area contributed by atoms with Gasteiger partial charge in [-0.15, -0.1) is 10.2 Å². The summed E-state index contributed by atoms with van der Waals surface area (Å²) in [4.78, 5) is 12.7. The molecule has 1 heterocycles. The molecule has 1 amide bonds. The zero-order chi connectivity index (χ0) is 24.1. The third-order valence-corrected chi connectivity index (χ3v) is 6.18. The van der Waals surface area contributed by atoms with Gasteiger partial charge in [0.05, 0.1) is 25.7 Å². The van der Waals surface area contributed by atoms with Crippen LogP contribution in [0.25, 0.3) is 17.1 Å². The van der Waals surface area contributed by atoms with Crippen LogP contribution in [0.15, 0.2) is 71.9 Å². The molecule has 0 saturated heterocycles. The summed E-state index contributed by atoms with van der Waals surface area (Å²) in [5.74, 6) is 1.89. The Labute approximate surface area is 203 Å². The quantitative estimate of drug-likeness (QED) is 0.349. The highest BCUT2D eigenvalue weighted by atomic mass is 32.2. The van der Waals surface area contributed by atoms with E-state index in [0.29, 0.717) is 22.3 Å². The van der Waals surface area contributed by atoms with Gasteiger partial charge >= 0.3 is 0 Å². The number of nitrogens with one attached hydrogen (secondary N) is 1. The van der Waals surface area contributed by atoms with Gasteiger partial charge in [0.25, 0.3) is 0 Å². The minimum absolute atomic E-state index is 0.160. The van der Waals surface area contributed by atoms with Crippen molar-refractivity contribution in [3.05, 3.63) is 77.9 Å². The number of anilines is 1. The molecule has 1 aromatic heterocycles. The zero-order valence-electron chi connectivity index (χ0n) is 19.5. The lowest BCUT2D eigenvalue weighted by molar-refractivity contribution is -0.113. The van der Waals surface area contributed by atoms with Crippen molar-refractivity contribution in [3.63, 3.8) is 0 Å². The van der Waals surface area contributed by atoms with E-state index in [2.05, 4.69) is 15.5 Å². The maximum Gasteiger partial charge on any atom is 0.234 e. The lowest BCUT2D eigenvalue weighted by atomic mass is 10.1. The molecular formula is C26H26N4O3S. The Morgan fingerprint density at radius 3 is 2.24 bits per heavy atom. The Hall–Kier alpha value is -3.78. The van der Waals surface area contributed by atoms with Crippen LogP contribution in [0.2, 0.25) is 0 Å². The smallest absolute Gasteiger partial charge is 0.234 e. The second kappa shape index (κ2) is 10.4. The van der Waals surface area contributed by atoms with Crippen molar-refractivity contribution >= 4 is 23.4 Å². The predicted molar refractivity (Wildman–Crippen MR) is 135 cm³/mol. The summed E-state index contributed by atoms with van der Waals surface area (Å²) in [7, 11) is 3.13. The number of aryl methyl sites for hydroxylation is 2. The van der Waals surface area contributed by atoms with Gasteiger partial charge in [0, 0.05) is 17.3 Å². The number of ether oxygens (including phenoxy) is 2. The molecule has 1 N–H and O–H groups in total. The minimum Gasteiger partial charge on any atom is -0.497 e. The predicted octanol–water partition coefficient (Wildman–Crippen LogP) is 5.30. The average molecular weight is 475 g/mol. The van der Waals surface area contributed by atoms with E-state index in [9.17, 15) is 4.79 Å². The van der Waals surface area contributed by atoms with Crippen LogP contribution < -0.4 is 14.8 Å². The molecular weight excluding hydrogens is 448 g/mol. The fourth-order valence-corrected chi connectivity index (χ4v) is 4.15. The highest BCUT2D eigenvalue weighted by Gasteiger charge is 2.18. The molecule has 0 spiro atoms. The van der Waals surface area contributed by atoms with E-state index in [-0.39, 0.29) is 11.7 Å². The summed E-state index contributed by atoms with van der Waals surface area (Å²) in [5.41, 5.74) is 4.80. The molecule has 0 bridgehead atoms. The number of rotatable bonds is 8. The summed E-state index contributed by atoms with van der Waals surface area (Å²) in [5, 5.41) is 12.4. The highest BCUT2D eigenvalue weighted by Crippen LogP contribution is 2.31. The first-order chi connectivity index (χ1) is 16.5. The molecule has 3 aromatic carbocycles. The molecule has 0 aliphatic carbocycles. The molecule has 8 heteroatoms. The van der Waals surface area contributed by atoms with Gasteiger partial charge in [-0.25, -0.2) is 0 Å². The average Bonchev–Trinajstić information content (AvgIpc) is 3.28. The molecule has 0 radical (unpaired) electrons. The van der Waals surface area contributed by atoms with Gasteiger partial charge in [-0.05, 0) is 38.1 Å². The van der Waals surface area contributed by atoms with Crippen molar-refractivity contribution in [3.8, 4) is 28.6 Å². The lowest BCUT2D eigenvalue weighted by Gasteiger charge is -2.12. The fraction of sp³-hybridized carbons (Fsp3) is 0.192. The van der Waals surface area contributed by atoms with Crippen LogP contribution in [-0.2, 0) is 4.79 Å². The van der Waals surface area contributed by atoms with Crippen LogP contribution in [0.1, 0.15) is 11.1 Å². The van der Waals surface area contributed by atoms with E-state index >= 15 is 0 Å². The van der Waals surface area contributed by atoms with Gasteiger partial charge in [-0.1, -0.05) is 59.3 Å². The first-order valence-electron chi connectivity index (χ1n) is 10.7. The molecule has 7 nitrogen and oxygen atoms in total. The van der Waals surface area contributed by atoms with Gasteiger partial charge in [-0.3, -0.25) is 9.36 Å². The standard InChI is InChI=1S/C26H26N4O3S/c1-17-5-9-19(10-6-17)25-28-29-26(30(25)20-11-7-18(2)8-12-20)34-16-24(31)27-22-14-13-21(32-3)15-23(22)33-4/h5-15H,16H2,1-4H3,(H,27,31). The van der Waals surface area contributed by atoms with E-state index in [0.717, 1.165) is 22.6 Å². The van der Waals surface area contributed by atoms with Crippen LogP contribution in [0.4, 0.5) is 5.69 Å². The Balaban J connectivity index is 1.58. The van der Waals surface area contributed by atoms with Crippen molar-refractivity contribution in [2.24, 2.45) is 0 Å². The summed E-state index contributed by atoms with van der Waals surface area (Å²) in [6.07, 6.45) is 0. The maximum absolute atomic E-state index is 12.7. The molecule has 0 aliphatic heterocycles. The van der Waals surface area contributed by atoms with E-state index in [1.54, 1.807) is 32.4 Å².